The number of rotatable bonds is 16. The molecule has 0 bridgehead atoms. The molecule has 0 heterocycles. The van der Waals surface area contributed by atoms with E-state index in [-0.39, 0.29) is 0 Å². The fraction of sp³-hybridized carbons (Fsp3) is 0. The van der Waals surface area contributed by atoms with E-state index in [0.29, 0.717) is 0 Å². The Morgan fingerprint density at radius 2 is 0.347 bits per heavy atom. The van der Waals surface area contributed by atoms with Crippen LogP contribution in [0.25, 0.3) is 0 Å². The summed E-state index contributed by atoms with van der Waals surface area (Å²) in [6.07, 6.45) is 0. The minimum absolute atomic E-state index is 1.06. The third kappa shape index (κ3) is 10.6. The second-order valence-corrected chi connectivity index (χ2v) is 19.4. The van der Waals surface area contributed by atoms with Crippen molar-refractivity contribution in [2.24, 2.45) is 0 Å². The first-order valence-corrected chi connectivity index (χ1v) is 25.7. The van der Waals surface area contributed by atoms with Crippen molar-refractivity contribution >= 4 is 91.8 Å². The van der Waals surface area contributed by atoms with Crippen LogP contribution in [0.5, 0.6) is 0 Å². The Labute approximate surface area is 431 Å². The van der Waals surface area contributed by atoms with E-state index in [1.165, 1.54) is 0 Å². The van der Waals surface area contributed by atoms with Gasteiger partial charge < -0.3 is 19.6 Å². The van der Waals surface area contributed by atoms with Gasteiger partial charge in [0.25, 0.3) is 0 Å². The molecule has 0 unspecified atom stereocenters. The van der Waals surface area contributed by atoms with E-state index in [1.54, 1.807) is 23.5 Å². The van der Waals surface area contributed by atoms with Crippen LogP contribution in [0.15, 0.2) is 323 Å². The Hall–Kier alpha value is -8.68. The van der Waals surface area contributed by atoms with E-state index >= 15 is 0 Å². The number of para-hydroxylation sites is 8. The normalized spacial score (nSPS) is 10.9. The standard InChI is InChI=1S/C66H50N4S2/c1-9-26-51(27-10-1)67(52-28-11-2-12-29-52)59-44-60(68(53-30-13-3-14-31-53)54-32-15-4-16-33-54)47-65(46-59)71-63-42-25-43-64(50-63)72-66-48-61(69(55-34-17-5-18-35-55)56-36-19-6-20-37-56)45-62(49-66)70(57-38-21-7-22-39-57)58-40-23-8-24-41-58/h1-50H. The number of anilines is 12. The highest BCUT2D eigenvalue weighted by Gasteiger charge is 2.21. The monoisotopic (exact) mass is 962 g/mol. The highest BCUT2D eigenvalue weighted by atomic mass is 32.2. The molecule has 11 aromatic rings. The van der Waals surface area contributed by atoms with Crippen LogP contribution in [0.2, 0.25) is 0 Å². The van der Waals surface area contributed by atoms with E-state index in [2.05, 4.69) is 323 Å². The number of nitrogens with zero attached hydrogens (tertiary/aromatic N) is 4. The van der Waals surface area contributed by atoms with Gasteiger partial charge in [0.2, 0.25) is 0 Å². The summed E-state index contributed by atoms with van der Waals surface area (Å²) in [5.74, 6) is 0. The molecular weight excluding hydrogens is 913 g/mol. The smallest absolute Gasteiger partial charge is 0.0493 e. The van der Waals surface area contributed by atoms with Crippen LogP contribution in [-0.2, 0) is 0 Å². The zero-order valence-corrected chi connectivity index (χ0v) is 41.1. The van der Waals surface area contributed by atoms with Crippen LogP contribution in [-0.4, -0.2) is 0 Å². The molecule has 0 saturated carbocycles. The fourth-order valence-corrected chi connectivity index (χ4v) is 11.1. The molecule has 0 amide bonds. The predicted molar refractivity (Wildman–Crippen MR) is 306 cm³/mol. The summed E-state index contributed by atoms with van der Waals surface area (Å²) in [7, 11) is 0. The van der Waals surface area contributed by atoms with Crippen LogP contribution in [0, 0.1) is 0 Å². The Kier molecular flexibility index (Phi) is 13.9. The maximum absolute atomic E-state index is 2.35. The largest absolute Gasteiger partial charge is 0.310 e. The molecule has 72 heavy (non-hydrogen) atoms. The number of benzene rings is 11. The highest BCUT2D eigenvalue weighted by molar-refractivity contribution is 8.00. The van der Waals surface area contributed by atoms with Gasteiger partial charge in [-0.1, -0.05) is 175 Å². The van der Waals surface area contributed by atoms with Gasteiger partial charge in [0.05, 0.1) is 0 Å². The first-order valence-electron chi connectivity index (χ1n) is 24.1. The molecule has 0 atom stereocenters. The lowest BCUT2D eigenvalue weighted by atomic mass is 10.1. The van der Waals surface area contributed by atoms with Crippen molar-refractivity contribution in [3.63, 3.8) is 0 Å². The predicted octanol–water partition coefficient (Wildman–Crippen LogP) is 19.9. The molecule has 0 N–H and O–H groups in total. The molecule has 11 aromatic carbocycles. The van der Waals surface area contributed by atoms with Gasteiger partial charge in [-0.15, -0.1) is 0 Å². The van der Waals surface area contributed by atoms with Gasteiger partial charge in [0.15, 0.2) is 0 Å². The maximum atomic E-state index is 2.35. The van der Waals surface area contributed by atoms with Crippen LogP contribution < -0.4 is 19.6 Å². The fourth-order valence-electron chi connectivity index (χ4n) is 9.05. The average Bonchev–Trinajstić information content (AvgIpc) is 3.44. The first kappa shape index (κ1) is 45.7. The van der Waals surface area contributed by atoms with Crippen LogP contribution in [0.3, 0.4) is 0 Å². The summed E-state index contributed by atoms with van der Waals surface area (Å²) in [6.45, 7) is 0. The van der Waals surface area contributed by atoms with E-state index in [9.17, 15) is 0 Å². The Morgan fingerprint density at radius 1 is 0.153 bits per heavy atom. The lowest BCUT2D eigenvalue weighted by Crippen LogP contribution is -2.13. The third-order valence-corrected chi connectivity index (χ3v) is 14.1. The van der Waals surface area contributed by atoms with Crippen LogP contribution in [0.1, 0.15) is 0 Å². The molecule has 11 rings (SSSR count). The average molecular weight is 963 g/mol. The molecule has 0 aliphatic carbocycles. The van der Waals surface area contributed by atoms with Crippen LogP contribution in [0.4, 0.5) is 68.2 Å². The van der Waals surface area contributed by atoms with Gasteiger partial charge in [-0.25, -0.2) is 0 Å². The maximum Gasteiger partial charge on any atom is 0.0493 e. The summed E-state index contributed by atoms with van der Waals surface area (Å²) in [5, 5.41) is 0. The summed E-state index contributed by atoms with van der Waals surface area (Å²) < 4.78 is 0. The van der Waals surface area contributed by atoms with Gasteiger partial charge in [0.1, 0.15) is 0 Å². The molecule has 6 heteroatoms. The minimum atomic E-state index is 1.06. The van der Waals surface area contributed by atoms with Crippen molar-refractivity contribution < 1.29 is 0 Å². The second kappa shape index (κ2) is 22.0. The van der Waals surface area contributed by atoms with Crippen molar-refractivity contribution in [2.45, 2.75) is 19.6 Å². The third-order valence-electron chi connectivity index (χ3n) is 12.2. The van der Waals surface area contributed by atoms with Crippen molar-refractivity contribution in [3.05, 3.63) is 303 Å². The zero-order chi connectivity index (χ0) is 48.3. The van der Waals surface area contributed by atoms with E-state index in [0.717, 1.165) is 87.8 Å². The topological polar surface area (TPSA) is 13.0 Å². The Balaban J connectivity index is 1.02. The minimum Gasteiger partial charge on any atom is -0.310 e. The van der Waals surface area contributed by atoms with E-state index < -0.39 is 0 Å². The molecule has 346 valence electrons. The van der Waals surface area contributed by atoms with E-state index in [1.807, 2.05) is 0 Å². The molecular formula is C66H50N4S2. The molecule has 0 aliphatic heterocycles. The quantitative estimate of drug-likeness (QED) is 0.0950. The summed E-state index contributed by atoms with van der Waals surface area (Å²) in [4.78, 5) is 13.9. The molecule has 0 radical (unpaired) electrons. The van der Waals surface area contributed by atoms with Gasteiger partial charge in [-0.05, 0) is 152 Å². The van der Waals surface area contributed by atoms with Crippen molar-refractivity contribution in [3.8, 4) is 0 Å². The number of hydrogen-bond donors (Lipinski definition) is 0. The van der Waals surface area contributed by atoms with Crippen molar-refractivity contribution in [2.75, 3.05) is 19.6 Å². The van der Waals surface area contributed by atoms with Gasteiger partial charge in [0, 0.05) is 87.8 Å². The molecule has 0 fully saturated rings. The zero-order valence-electron chi connectivity index (χ0n) is 39.5. The lowest BCUT2D eigenvalue weighted by molar-refractivity contribution is 1.22. The van der Waals surface area contributed by atoms with E-state index in [4.69, 9.17) is 0 Å². The molecule has 0 spiro atoms. The van der Waals surface area contributed by atoms with Crippen LogP contribution >= 0.6 is 23.5 Å². The molecule has 0 aliphatic rings. The van der Waals surface area contributed by atoms with Crippen molar-refractivity contribution in [1.29, 1.82) is 0 Å². The summed E-state index contributed by atoms with van der Waals surface area (Å²) in [5.41, 5.74) is 12.9. The Morgan fingerprint density at radius 3 is 0.542 bits per heavy atom. The Bertz CT molecular complexity index is 2870. The summed E-state index contributed by atoms with van der Waals surface area (Å²) >= 11 is 3.56. The SMILES string of the molecule is c1ccc(N(c2ccccc2)c2cc(Sc3cccc(Sc4cc(N(c5ccccc5)c5ccccc5)cc(N(c5ccccc5)c5ccccc5)c4)c3)cc(N(c3ccccc3)c3ccccc3)c2)cc1. The van der Waals surface area contributed by atoms with Gasteiger partial charge >= 0.3 is 0 Å². The molecule has 4 nitrogen and oxygen atoms in total. The first-order chi connectivity index (χ1) is 35.7. The molecule has 0 aromatic heterocycles. The summed E-state index contributed by atoms with van der Waals surface area (Å²) in [6, 6.07) is 108. The molecule has 0 saturated heterocycles. The second-order valence-electron chi connectivity index (χ2n) is 17.1. The van der Waals surface area contributed by atoms with Crippen molar-refractivity contribution in [1.82, 2.24) is 0 Å². The van der Waals surface area contributed by atoms with Gasteiger partial charge in [-0.2, -0.15) is 0 Å². The van der Waals surface area contributed by atoms with Gasteiger partial charge in [-0.3, -0.25) is 0 Å². The highest BCUT2D eigenvalue weighted by Crippen LogP contribution is 2.47. The number of hydrogen-bond acceptors (Lipinski definition) is 6. The lowest BCUT2D eigenvalue weighted by Gasteiger charge is -2.30.